The highest BCUT2D eigenvalue weighted by molar-refractivity contribution is 5.64. The van der Waals surface area contributed by atoms with Crippen LogP contribution in [0, 0.1) is 6.92 Å². The average molecular weight is 167 g/mol. The molecule has 0 aliphatic heterocycles. The Kier molecular flexibility index (Phi) is 2.43. The lowest BCUT2D eigenvalue weighted by Gasteiger charge is -2.11. The Bertz CT molecular complexity index is 284. The SMILES string of the molecule is COc1ccc(C)c(N)c1OC. The van der Waals surface area contributed by atoms with E-state index in [1.54, 1.807) is 14.2 Å². The maximum atomic E-state index is 5.76. The van der Waals surface area contributed by atoms with Crippen LogP contribution in [0.15, 0.2) is 12.1 Å². The molecule has 1 aromatic rings. The lowest BCUT2D eigenvalue weighted by molar-refractivity contribution is 0.356. The Morgan fingerprint density at radius 3 is 2.33 bits per heavy atom. The first-order valence-electron chi connectivity index (χ1n) is 3.67. The second-order valence-corrected chi connectivity index (χ2v) is 2.53. The zero-order valence-corrected chi connectivity index (χ0v) is 7.55. The third kappa shape index (κ3) is 1.30. The van der Waals surface area contributed by atoms with Crippen LogP contribution in [0.2, 0.25) is 0 Å². The van der Waals surface area contributed by atoms with E-state index in [-0.39, 0.29) is 0 Å². The highest BCUT2D eigenvalue weighted by atomic mass is 16.5. The predicted octanol–water partition coefficient (Wildman–Crippen LogP) is 1.59. The van der Waals surface area contributed by atoms with Crippen molar-refractivity contribution in [2.45, 2.75) is 6.92 Å². The summed E-state index contributed by atoms with van der Waals surface area (Å²) >= 11 is 0. The summed E-state index contributed by atoms with van der Waals surface area (Å²) in [6.07, 6.45) is 0. The van der Waals surface area contributed by atoms with E-state index in [1.807, 2.05) is 19.1 Å². The second-order valence-electron chi connectivity index (χ2n) is 2.53. The molecule has 1 aromatic carbocycles. The summed E-state index contributed by atoms with van der Waals surface area (Å²) in [5.74, 6) is 1.28. The number of nitrogens with two attached hydrogens (primary N) is 1. The molecule has 0 amide bonds. The molecule has 3 nitrogen and oxygen atoms in total. The summed E-state index contributed by atoms with van der Waals surface area (Å²) in [5.41, 5.74) is 7.39. The van der Waals surface area contributed by atoms with E-state index in [1.165, 1.54) is 0 Å². The molecule has 0 unspecified atom stereocenters. The molecule has 0 aliphatic rings. The molecule has 12 heavy (non-hydrogen) atoms. The zero-order valence-electron chi connectivity index (χ0n) is 7.55. The smallest absolute Gasteiger partial charge is 0.184 e. The van der Waals surface area contributed by atoms with Crippen molar-refractivity contribution in [2.24, 2.45) is 0 Å². The number of ether oxygens (including phenoxy) is 2. The van der Waals surface area contributed by atoms with Gasteiger partial charge in [-0.3, -0.25) is 0 Å². The van der Waals surface area contributed by atoms with Crippen molar-refractivity contribution in [1.82, 2.24) is 0 Å². The van der Waals surface area contributed by atoms with Gasteiger partial charge in [0.25, 0.3) is 0 Å². The second kappa shape index (κ2) is 3.34. The number of rotatable bonds is 2. The molecule has 0 spiro atoms. The van der Waals surface area contributed by atoms with Gasteiger partial charge in [0.05, 0.1) is 19.9 Å². The highest BCUT2D eigenvalue weighted by Gasteiger charge is 2.08. The minimum Gasteiger partial charge on any atom is -0.493 e. The normalized spacial score (nSPS) is 9.58. The molecule has 0 aliphatic carbocycles. The maximum absolute atomic E-state index is 5.76. The highest BCUT2D eigenvalue weighted by Crippen LogP contribution is 2.34. The van der Waals surface area contributed by atoms with Crippen molar-refractivity contribution in [3.63, 3.8) is 0 Å². The lowest BCUT2D eigenvalue weighted by Crippen LogP contribution is -1.97. The largest absolute Gasteiger partial charge is 0.493 e. The van der Waals surface area contributed by atoms with Crippen LogP contribution in [0.3, 0.4) is 0 Å². The summed E-state index contributed by atoms with van der Waals surface area (Å²) in [4.78, 5) is 0. The van der Waals surface area contributed by atoms with Gasteiger partial charge in [-0.2, -0.15) is 0 Å². The summed E-state index contributed by atoms with van der Waals surface area (Å²) in [7, 11) is 3.17. The van der Waals surface area contributed by atoms with Gasteiger partial charge in [0, 0.05) is 0 Å². The predicted molar refractivity (Wildman–Crippen MR) is 48.7 cm³/mol. The summed E-state index contributed by atoms with van der Waals surface area (Å²) < 4.78 is 10.2. The van der Waals surface area contributed by atoms with Crippen LogP contribution in [0.4, 0.5) is 5.69 Å². The molecule has 3 heteroatoms. The fourth-order valence-corrected chi connectivity index (χ4v) is 1.05. The Hall–Kier alpha value is -1.38. The molecular weight excluding hydrogens is 154 g/mol. The van der Waals surface area contributed by atoms with Gasteiger partial charge in [-0.15, -0.1) is 0 Å². The van der Waals surface area contributed by atoms with Crippen molar-refractivity contribution in [1.29, 1.82) is 0 Å². The average Bonchev–Trinajstić information content (AvgIpc) is 2.09. The van der Waals surface area contributed by atoms with Crippen LogP contribution in [0.25, 0.3) is 0 Å². The van der Waals surface area contributed by atoms with Crippen LogP contribution in [-0.2, 0) is 0 Å². The Morgan fingerprint density at radius 2 is 1.83 bits per heavy atom. The van der Waals surface area contributed by atoms with Crippen molar-refractivity contribution >= 4 is 5.69 Å². The minimum absolute atomic E-state index is 0.609. The monoisotopic (exact) mass is 167 g/mol. The molecule has 66 valence electrons. The van der Waals surface area contributed by atoms with Crippen molar-refractivity contribution in [2.75, 3.05) is 20.0 Å². The third-order valence-corrected chi connectivity index (χ3v) is 1.80. The van der Waals surface area contributed by atoms with Crippen LogP contribution >= 0.6 is 0 Å². The van der Waals surface area contributed by atoms with Crippen molar-refractivity contribution < 1.29 is 9.47 Å². The van der Waals surface area contributed by atoms with Gasteiger partial charge >= 0.3 is 0 Å². The molecule has 0 saturated heterocycles. The minimum atomic E-state index is 0.609. The van der Waals surface area contributed by atoms with Crippen molar-refractivity contribution in [3.8, 4) is 11.5 Å². The van der Waals surface area contributed by atoms with Crippen LogP contribution < -0.4 is 15.2 Å². The molecule has 0 heterocycles. The Labute approximate surface area is 72.1 Å². The van der Waals surface area contributed by atoms with Crippen LogP contribution in [-0.4, -0.2) is 14.2 Å². The van der Waals surface area contributed by atoms with Crippen LogP contribution in [0.1, 0.15) is 5.56 Å². The first-order chi connectivity index (χ1) is 5.70. The fraction of sp³-hybridized carbons (Fsp3) is 0.333. The summed E-state index contributed by atoms with van der Waals surface area (Å²) in [5, 5.41) is 0. The molecule has 0 saturated carbocycles. The first-order valence-corrected chi connectivity index (χ1v) is 3.67. The summed E-state index contributed by atoms with van der Waals surface area (Å²) in [6, 6.07) is 3.74. The van der Waals surface area contributed by atoms with Gasteiger partial charge in [-0.05, 0) is 18.6 Å². The number of hydrogen-bond donors (Lipinski definition) is 1. The van der Waals surface area contributed by atoms with Gasteiger partial charge in [-0.25, -0.2) is 0 Å². The van der Waals surface area contributed by atoms with Crippen LogP contribution in [0.5, 0.6) is 11.5 Å². The van der Waals surface area contributed by atoms with Gasteiger partial charge in [0.1, 0.15) is 0 Å². The molecule has 2 N–H and O–H groups in total. The standard InChI is InChI=1S/C9H13NO2/c1-6-4-5-7(11-2)9(12-3)8(6)10/h4-5H,10H2,1-3H3. The van der Waals surface area contributed by atoms with Gasteiger partial charge < -0.3 is 15.2 Å². The Morgan fingerprint density at radius 1 is 1.17 bits per heavy atom. The molecule has 0 atom stereocenters. The molecule has 0 bridgehead atoms. The number of hydrogen-bond acceptors (Lipinski definition) is 3. The molecule has 0 fully saturated rings. The van der Waals surface area contributed by atoms with Crippen molar-refractivity contribution in [3.05, 3.63) is 17.7 Å². The molecular formula is C9H13NO2. The van der Waals surface area contributed by atoms with E-state index in [0.717, 1.165) is 5.56 Å². The van der Waals surface area contributed by atoms with E-state index < -0.39 is 0 Å². The van der Waals surface area contributed by atoms with E-state index in [4.69, 9.17) is 15.2 Å². The lowest BCUT2D eigenvalue weighted by atomic mass is 10.2. The Balaban J connectivity index is 3.25. The van der Waals surface area contributed by atoms with E-state index >= 15 is 0 Å². The number of anilines is 1. The quantitative estimate of drug-likeness (QED) is 0.680. The summed E-state index contributed by atoms with van der Waals surface area (Å²) in [6.45, 7) is 1.93. The third-order valence-electron chi connectivity index (χ3n) is 1.80. The molecule has 1 rings (SSSR count). The van der Waals surface area contributed by atoms with E-state index in [9.17, 15) is 0 Å². The number of aryl methyl sites for hydroxylation is 1. The zero-order chi connectivity index (χ0) is 9.14. The van der Waals surface area contributed by atoms with E-state index in [2.05, 4.69) is 0 Å². The van der Waals surface area contributed by atoms with E-state index in [0.29, 0.717) is 17.2 Å². The number of nitrogen functional groups attached to an aromatic ring is 1. The number of methoxy groups -OCH3 is 2. The fourth-order valence-electron chi connectivity index (χ4n) is 1.05. The van der Waals surface area contributed by atoms with Gasteiger partial charge in [0.15, 0.2) is 11.5 Å². The number of benzene rings is 1. The van der Waals surface area contributed by atoms with Gasteiger partial charge in [0.2, 0.25) is 0 Å². The first kappa shape index (κ1) is 8.71. The molecule has 0 aromatic heterocycles. The van der Waals surface area contributed by atoms with Gasteiger partial charge in [-0.1, -0.05) is 6.07 Å². The molecule has 0 radical (unpaired) electrons. The maximum Gasteiger partial charge on any atom is 0.184 e. The topological polar surface area (TPSA) is 44.5 Å².